The Hall–Kier alpha value is -3.23. The van der Waals surface area contributed by atoms with E-state index in [1.165, 1.54) is 41.3 Å². The van der Waals surface area contributed by atoms with Crippen LogP contribution in [-0.2, 0) is 30.8 Å². The van der Waals surface area contributed by atoms with Gasteiger partial charge in [0.15, 0.2) is 9.84 Å². The summed E-state index contributed by atoms with van der Waals surface area (Å²) in [6.07, 6.45) is 0. The molecule has 0 N–H and O–H groups in total. The van der Waals surface area contributed by atoms with E-state index in [1.807, 2.05) is 0 Å². The molecule has 6 nitrogen and oxygen atoms in total. The summed E-state index contributed by atoms with van der Waals surface area (Å²) in [6.45, 7) is -0.183. The average molecular weight is 471 g/mol. The van der Waals surface area contributed by atoms with Crippen molar-refractivity contribution >= 4 is 44.6 Å². The maximum absolute atomic E-state index is 14.4. The molecule has 0 radical (unpaired) electrons. The molecule has 5 rings (SSSR count). The summed E-state index contributed by atoms with van der Waals surface area (Å²) in [5, 5.41) is 0.289. The molecule has 2 aliphatic rings. The molecule has 0 bridgehead atoms. The lowest BCUT2D eigenvalue weighted by Crippen LogP contribution is -2.54. The van der Waals surface area contributed by atoms with Crippen molar-refractivity contribution in [1.29, 1.82) is 0 Å². The van der Waals surface area contributed by atoms with Crippen molar-refractivity contribution in [3.05, 3.63) is 94.8 Å². The van der Waals surface area contributed by atoms with Crippen LogP contribution in [0.2, 0.25) is 5.02 Å². The van der Waals surface area contributed by atoms with Crippen molar-refractivity contribution in [3.8, 4) is 0 Å². The van der Waals surface area contributed by atoms with Crippen LogP contribution in [0.5, 0.6) is 0 Å². The Balaban J connectivity index is 1.76. The van der Waals surface area contributed by atoms with Crippen LogP contribution >= 0.6 is 11.6 Å². The van der Waals surface area contributed by atoms with Crippen molar-refractivity contribution in [2.24, 2.45) is 0 Å². The van der Waals surface area contributed by atoms with E-state index in [2.05, 4.69) is 0 Å². The van der Waals surface area contributed by atoms with Crippen LogP contribution in [0.15, 0.2) is 72.8 Å². The summed E-state index contributed by atoms with van der Waals surface area (Å²) in [6, 6.07) is 18.5. The first-order valence-electron chi connectivity index (χ1n) is 9.73. The molecule has 0 saturated carbocycles. The van der Waals surface area contributed by atoms with Gasteiger partial charge in [-0.15, -0.1) is 0 Å². The first-order valence-corrected chi connectivity index (χ1v) is 11.8. The summed E-state index contributed by atoms with van der Waals surface area (Å²) in [5.74, 6) is -2.90. The fraction of sp³-hybridized carbons (Fsp3) is 0.130. The zero-order chi connectivity index (χ0) is 22.7. The SMILES string of the molecule is O=C1CS(=O)(=O)C2(C(=O)N(Cc3ccccc3F)c3ccccc32)N1c1cccc(Cl)c1. The van der Waals surface area contributed by atoms with Gasteiger partial charge in [0.1, 0.15) is 11.6 Å². The minimum absolute atomic E-state index is 0.159. The van der Waals surface area contributed by atoms with E-state index in [9.17, 15) is 22.4 Å². The lowest BCUT2D eigenvalue weighted by Gasteiger charge is -2.32. The number of fused-ring (bicyclic) bond motifs is 2. The van der Waals surface area contributed by atoms with E-state index in [4.69, 9.17) is 11.6 Å². The summed E-state index contributed by atoms with van der Waals surface area (Å²) >= 11 is 6.10. The van der Waals surface area contributed by atoms with Gasteiger partial charge in [0.05, 0.1) is 12.2 Å². The Morgan fingerprint density at radius 2 is 1.69 bits per heavy atom. The van der Waals surface area contributed by atoms with E-state index >= 15 is 0 Å². The molecule has 2 aliphatic heterocycles. The molecular formula is C23H16ClFN2O4S. The Morgan fingerprint density at radius 1 is 0.969 bits per heavy atom. The van der Waals surface area contributed by atoms with E-state index in [-0.39, 0.29) is 28.4 Å². The number of nitrogens with zero attached hydrogens (tertiary/aromatic N) is 2. The van der Waals surface area contributed by atoms with Gasteiger partial charge < -0.3 is 4.90 Å². The highest BCUT2D eigenvalue weighted by Crippen LogP contribution is 2.52. The van der Waals surface area contributed by atoms with Crippen molar-refractivity contribution < 1.29 is 22.4 Å². The van der Waals surface area contributed by atoms with E-state index in [0.29, 0.717) is 5.69 Å². The van der Waals surface area contributed by atoms with Gasteiger partial charge in [-0.1, -0.05) is 54.1 Å². The minimum atomic E-state index is -4.30. The third kappa shape index (κ3) is 2.73. The molecule has 9 heteroatoms. The predicted octanol–water partition coefficient (Wildman–Crippen LogP) is 3.64. The third-order valence-electron chi connectivity index (χ3n) is 5.78. The van der Waals surface area contributed by atoms with Crippen LogP contribution in [0.3, 0.4) is 0 Å². The zero-order valence-corrected chi connectivity index (χ0v) is 18.1. The number of amides is 2. The number of carbonyl (C=O) groups excluding carboxylic acids is 2. The molecule has 2 amide bonds. The number of rotatable bonds is 3. The number of hydrogen-bond acceptors (Lipinski definition) is 4. The molecule has 2 heterocycles. The van der Waals surface area contributed by atoms with Crippen molar-refractivity contribution in [2.75, 3.05) is 15.6 Å². The van der Waals surface area contributed by atoms with E-state index in [1.54, 1.807) is 36.4 Å². The molecule has 3 aromatic carbocycles. The molecule has 3 aromatic rings. The number of carbonyl (C=O) groups is 2. The summed E-state index contributed by atoms with van der Waals surface area (Å²) < 4.78 is 41.4. The number of anilines is 2. The van der Waals surface area contributed by atoms with Gasteiger partial charge in [0.2, 0.25) is 5.91 Å². The average Bonchev–Trinajstić information content (AvgIpc) is 3.12. The lowest BCUT2D eigenvalue weighted by atomic mass is 10.0. The van der Waals surface area contributed by atoms with Gasteiger partial charge in [-0.25, -0.2) is 12.8 Å². The molecule has 32 heavy (non-hydrogen) atoms. The quantitative estimate of drug-likeness (QED) is 0.585. The molecule has 162 valence electrons. The Kier molecular flexibility index (Phi) is 4.61. The highest BCUT2D eigenvalue weighted by atomic mass is 35.5. The topological polar surface area (TPSA) is 74.8 Å². The van der Waals surface area contributed by atoms with Gasteiger partial charge >= 0.3 is 0 Å². The largest absolute Gasteiger partial charge is 0.304 e. The highest BCUT2D eigenvalue weighted by molar-refractivity contribution is 7.94. The zero-order valence-electron chi connectivity index (χ0n) is 16.5. The molecule has 1 atom stereocenters. The summed E-state index contributed by atoms with van der Waals surface area (Å²) in [7, 11) is -4.30. The van der Waals surface area contributed by atoms with E-state index < -0.39 is 38.1 Å². The van der Waals surface area contributed by atoms with Crippen molar-refractivity contribution in [3.63, 3.8) is 0 Å². The van der Waals surface area contributed by atoms with Crippen LogP contribution in [0.1, 0.15) is 11.1 Å². The number of benzene rings is 3. The molecule has 1 fully saturated rings. The number of halogens is 2. The molecule has 0 aliphatic carbocycles. The maximum Gasteiger partial charge on any atom is 0.274 e. The fourth-order valence-electron chi connectivity index (χ4n) is 4.46. The van der Waals surface area contributed by atoms with Gasteiger partial charge in [-0.2, -0.15) is 0 Å². The lowest BCUT2D eigenvalue weighted by molar-refractivity contribution is -0.123. The first-order chi connectivity index (χ1) is 15.3. The highest BCUT2D eigenvalue weighted by Gasteiger charge is 2.69. The standard InChI is InChI=1S/C23H16ClFN2O4S/c24-16-7-5-8-17(12-16)27-21(28)14-32(30,31)23(27)18-9-2-4-11-20(18)26(22(23)29)13-15-6-1-3-10-19(15)25/h1-12H,13-14H2. The van der Waals surface area contributed by atoms with Crippen LogP contribution in [0, 0.1) is 5.82 Å². The smallest absolute Gasteiger partial charge is 0.274 e. The summed E-state index contributed by atoms with van der Waals surface area (Å²) in [4.78, 5) is 26.9. The van der Waals surface area contributed by atoms with Gasteiger partial charge in [-0.3, -0.25) is 14.5 Å². The Labute approximate surface area is 188 Å². The van der Waals surface area contributed by atoms with E-state index in [0.717, 1.165) is 4.90 Å². The minimum Gasteiger partial charge on any atom is -0.304 e. The predicted molar refractivity (Wildman–Crippen MR) is 118 cm³/mol. The second-order valence-electron chi connectivity index (χ2n) is 7.61. The second kappa shape index (κ2) is 7.15. The Morgan fingerprint density at radius 3 is 2.44 bits per heavy atom. The maximum atomic E-state index is 14.4. The van der Waals surface area contributed by atoms with Crippen LogP contribution in [0.25, 0.3) is 0 Å². The van der Waals surface area contributed by atoms with Crippen LogP contribution in [-0.4, -0.2) is 26.0 Å². The van der Waals surface area contributed by atoms with Crippen LogP contribution < -0.4 is 9.80 Å². The molecule has 1 spiro atoms. The third-order valence-corrected chi connectivity index (χ3v) is 8.11. The summed E-state index contributed by atoms with van der Waals surface area (Å²) in [5.41, 5.74) is 0.890. The van der Waals surface area contributed by atoms with Gasteiger partial charge in [0.25, 0.3) is 10.8 Å². The molecule has 0 aromatic heterocycles. The van der Waals surface area contributed by atoms with Gasteiger partial charge in [0, 0.05) is 21.8 Å². The number of sulfone groups is 1. The molecule has 1 unspecified atom stereocenters. The monoisotopic (exact) mass is 470 g/mol. The van der Waals surface area contributed by atoms with Gasteiger partial charge in [-0.05, 0) is 30.3 Å². The normalized spacial score (nSPS) is 21.4. The van der Waals surface area contributed by atoms with Crippen LogP contribution in [0.4, 0.5) is 15.8 Å². The fourth-order valence-corrected chi connectivity index (χ4v) is 6.68. The number of hydrogen-bond donors (Lipinski definition) is 0. The number of para-hydroxylation sites is 1. The second-order valence-corrected chi connectivity index (χ2v) is 10.2. The Bertz CT molecular complexity index is 1390. The molecule has 1 saturated heterocycles. The first kappa shape index (κ1) is 20.7. The van der Waals surface area contributed by atoms with Crippen molar-refractivity contribution in [1.82, 2.24) is 0 Å². The molecular weight excluding hydrogens is 455 g/mol. The van der Waals surface area contributed by atoms with Crippen molar-refractivity contribution in [2.45, 2.75) is 11.4 Å².